The summed E-state index contributed by atoms with van der Waals surface area (Å²) in [6.45, 7) is 1.53. The second-order valence-electron chi connectivity index (χ2n) is 0.909. The van der Waals surface area contributed by atoms with Crippen LogP contribution in [0.4, 0.5) is 0 Å². The van der Waals surface area contributed by atoms with Gasteiger partial charge in [0.25, 0.3) is 0 Å². The van der Waals surface area contributed by atoms with E-state index >= 15 is 0 Å². The van der Waals surface area contributed by atoms with Gasteiger partial charge in [-0.05, 0) is 6.92 Å². The Bertz CT molecular complexity index is 159. The molecule has 0 aromatic heterocycles. The molecule has 0 heterocycles. The summed E-state index contributed by atoms with van der Waals surface area (Å²) in [5, 5.41) is 0. The van der Waals surface area contributed by atoms with Gasteiger partial charge in [0.2, 0.25) is 0 Å². The molecule has 0 aromatic carbocycles. The van der Waals surface area contributed by atoms with Gasteiger partial charge in [0, 0.05) is 0 Å². The first-order valence-corrected chi connectivity index (χ1v) is 4.69. The predicted molar refractivity (Wildman–Crippen MR) is 28.2 cm³/mol. The summed E-state index contributed by atoms with van der Waals surface area (Å²) in [6, 6.07) is 0. The second kappa shape index (κ2) is 3.12. The van der Waals surface area contributed by atoms with Crippen molar-refractivity contribution in [3.05, 3.63) is 0 Å². The molecule has 0 amide bonds. The molecule has 48 valence electrons. The zero-order chi connectivity index (χ0) is 6.62. The topological polar surface area (TPSA) is 60.4 Å². The lowest BCUT2D eigenvalue weighted by Gasteiger charge is -1.88. The van der Waals surface area contributed by atoms with Crippen LogP contribution in [-0.2, 0) is 18.5 Å². The van der Waals surface area contributed by atoms with E-state index in [1.54, 1.807) is 0 Å². The molecule has 0 rings (SSSR count). The summed E-state index contributed by atoms with van der Waals surface area (Å²) in [6.07, 6.45) is 0. The Hall–Kier alpha value is 0.01000. The van der Waals surface area contributed by atoms with Gasteiger partial charge < -0.3 is 0 Å². The highest BCUT2D eigenvalue weighted by molar-refractivity contribution is 8.36. The lowest BCUT2D eigenvalue weighted by atomic mass is 10.9. The van der Waals surface area contributed by atoms with E-state index in [1.807, 2.05) is 0 Å². The highest BCUT2D eigenvalue weighted by Crippen LogP contribution is 2.07. The van der Waals surface area contributed by atoms with Crippen molar-refractivity contribution in [2.45, 2.75) is 6.92 Å². The number of hydrogen-bond donors (Lipinski definition) is 0. The van der Waals surface area contributed by atoms with Crippen LogP contribution in [0.2, 0.25) is 0 Å². The van der Waals surface area contributed by atoms with Crippen molar-refractivity contribution in [1.29, 1.82) is 0 Å². The molecule has 0 saturated carbocycles. The summed E-state index contributed by atoms with van der Waals surface area (Å²) in [5.74, 6) is 0. The number of hydrogen-bond acceptors (Lipinski definition) is 4. The molecule has 6 heteroatoms. The molecule has 0 spiro atoms. The summed E-state index contributed by atoms with van der Waals surface area (Å²) < 4.78 is 33.7. The van der Waals surface area contributed by atoms with Crippen LogP contribution in [0.3, 0.4) is 0 Å². The van der Waals surface area contributed by atoms with Crippen molar-refractivity contribution in [3.63, 3.8) is 0 Å². The first-order chi connectivity index (χ1) is 3.62. The van der Waals surface area contributed by atoms with Gasteiger partial charge in [-0.3, -0.25) is 8.75 Å². The fraction of sp³-hybridized carbons (Fsp3) is 1.00. The van der Waals surface area contributed by atoms with Crippen LogP contribution in [0, 0.1) is 0 Å². The summed E-state index contributed by atoms with van der Waals surface area (Å²) in [5.41, 5.74) is 0. The average Bonchev–Trinajstić information content (AvgIpc) is 1.67. The van der Waals surface area contributed by atoms with E-state index in [0.717, 1.165) is 0 Å². The van der Waals surface area contributed by atoms with Crippen LogP contribution in [-0.4, -0.2) is 15.0 Å². The van der Waals surface area contributed by atoms with Crippen molar-refractivity contribution < 1.29 is 17.2 Å². The van der Waals surface area contributed by atoms with Gasteiger partial charge in [0.1, 0.15) is 0 Å². The number of rotatable bonds is 3. The third-order valence-corrected chi connectivity index (χ3v) is 1.94. The summed E-state index contributed by atoms with van der Waals surface area (Å²) in [4.78, 5) is 0. The Labute approximate surface area is 48.9 Å². The molecule has 0 saturated heterocycles. The van der Waals surface area contributed by atoms with Crippen LogP contribution in [0.5, 0.6) is 0 Å². The Morgan fingerprint density at radius 1 is 1.62 bits per heavy atom. The lowest BCUT2D eigenvalue weighted by Crippen LogP contribution is -1.94. The van der Waals surface area contributed by atoms with Crippen LogP contribution in [0.15, 0.2) is 0 Å². The zero-order valence-electron chi connectivity index (χ0n) is 4.20. The molecule has 0 aromatic rings. The maximum Gasteiger partial charge on any atom is 0.351 e. The van der Waals surface area contributed by atoms with Gasteiger partial charge in [0.15, 0.2) is 0 Å². The van der Waals surface area contributed by atoms with Gasteiger partial charge in [-0.1, -0.05) is 0 Å². The summed E-state index contributed by atoms with van der Waals surface area (Å²) in [7, 11) is -4.73. The van der Waals surface area contributed by atoms with E-state index in [9.17, 15) is 13.0 Å². The van der Waals surface area contributed by atoms with E-state index in [-0.39, 0.29) is 6.61 Å². The van der Waals surface area contributed by atoms with Gasteiger partial charge in [-0.15, -0.1) is 0 Å². The normalized spacial score (nSPS) is 12.1. The van der Waals surface area contributed by atoms with E-state index in [0.29, 0.717) is 0 Å². The van der Waals surface area contributed by atoms with E-state index in [4.69, 9.17) is 0 Å². The lowest BCUT2D eigenvalue weighted by molar-refractivity contribution is 0.349. The third-order valence-electron chi connectivity index (χ3n) is 0.358. The highest BCUT2D eigenvalue weighted by Gasteiger charge is 2.06. The second-order valence-corrected chi connectivity index (χ2v) is 3.94. The summed E-state index contributed by atoms with van der Waals surface area (Å²) >= 11 is 0. The quantitative estimate of drug-likeness (QED) is 0.560. The Morgan fingerprint density at radius 3 is 2.25 bits per heavy atom. The van der Waals surface area contributed by atoms with Crippen LogP contribution < -0.4 is 0 Å². The SMILES string of the molecule is CCOS(=O)(=O)P=O. The molecule has 4 nitrogen and oxygen atoms in total. The fourth-order valence-electron chi connectivity index (χ4n) is 0.170. The van der Waals surface area contributed by atoms with Crippen LogP contribution in [0.25, 0.3) is 0 Å². The molecule has 0 unspecified atom stereocenters. The Balaban J connectivity index is 3.95. The molecular formula is C2H5O4PS. The van der Waals surface area contributed by atoms with E-state index in [1.165, 1.54) is 6.92 Å². The van der Waals surface area contributed by atoms with Crippen molar-refractivity contribution in [2.24, 2.45) is 0 Å². The van der Waals surface area contributed by atoms with Crippen molar-refractivity contribution in [1.82, 2.24) is 0 Å². The van der Waals surface area contributed by atoms with E-state index < -0.39 is 17.4 Å². The highest BCUT2D eigenvalue weighted by atomic mass is 32.8. The maximum atomic E-state index is 10.1. The Kier molecular flexibility index (Phi) is 3.12. The molecule has 0 aliphatic carbocycles. The van der Waals surface area contributed by atoms with Gasteiger partial charge in [0.05, 0.1) is 6.61 Å². The molecule has 0 bridgehead atoms. The smallest absolute Gasteiger partial charge is 0.261 e. The Morgan fingerprint density at radius 2 is 2.12 bits per heavy atom. The average molecular weight is 156 g/mol. The minimum absolute atomic E-state index is 0.0254. The molecular weight excluding hydrogens is 151 g/mol. The van der Waals surface area contributed by atoms with Crippen molar-refractivity contribution >= 4 is 17.4 Å². The fourth-order valence-corrected chi connectivity index (χ4v) is 0.957. The van der Waals surface area contributed by atoms with Crippen molar-refractivity contribution in [2.75, 3.05) is 6.61 Å². The molecule has 0 atom stereocenters. The maximum absolute atomic E-state index is 10.1. The van der Waals surface area contributed by atoms with E-state index in [2.05, 4.69) is 4.18 Å². The molecule has 8 heavy (non-hydrogen) atoms. The molecule has 0 N–H and O–H groups in total. The first kappa shape index (κ1) is 8.01. The van der Waals surface area contributed by atoms with Crippen molar-refractivity contribution in [3.8, 4) is 0 Å². The minimum Gasteiger partial charge on any atom is -0.261 e. The zero-order valence-corrected chi connectivity index (χ0v) is 5.91. The molecule has 0 aliphatic rings. The molecule has 0 aliphatic heterocycles. The standard InChI is InChI=1S/C2H5O4PS/c1-2-6-8(4,5)7-3/h2H2,1H3. The third kappa shape index (κ3) is 3.07. The monoisotopic (exact) mass is 156 g/mol. The van der Waals surface area contributed by atoms with Gasteiger partial charge >= 0.3 is 17.4 Å². The van der Waals surface area contributed by atoms with Crippen LogP contribution >= 0.6 is 7.66 Å². The molecule has 0 fully saturated rings. The largest absolute Gasteiger partial charge is 0.351 e. The van der Waals surface area contributed by atoms with Gasteiger partial charge in [-0.25, -0.2) is 0 Å². The predicted octanol–water partition coefficient (Wildman–Crippen LogP) is 0.559. The van der Waals surface area contributed by atoms with Gasteiger partial charge in [-0.2, -0.15) is 8.42 Å². The molecule has 0 radical (unpaired) electrons. The van der Waals surface area contributed by atoms with Crippen LogP contribution in [0.1, 0.15) is 6.92 Å². The minimum atomic E-state index is -3.75. The first-order valence-electron chi connectivity index (χ1n) is 1.86.